The lowest BCUT2D eigenvalue weighted by Gasteiger charge is -2.31. The molecular formula is C17H24N2O5. The maximum Gasteiger partial charge on any atom is 0.304 e. The van der Waals surface area contributed by atoms with Crippen molar-refractivity contribution in [2.24, 2.45) is 0 Å². The maximum absolute atomic E-state index is 12.4. The first kappa shape index (κ1) is 18.1. The van der Waals surface area contributed by atoms with Gasteiger partial charge in [0.1, 0.15) is 6.61 Å². The van der Waals surface area contributed by atoms with Crippen LogP contribution in [0.5, 0.6) is 11.5 Å². The van der Waals surface area contributed by atoms with E-state index in [0.717, 1.165) is 5.75 Å². The molecule has 0 radical (unpaired) electrons. The second-order valence-electron chi connectivity index (χ2n) is 5.81. The first-order valence-corrected chi connectivity index (χ1v) is 8.06. The first-order valence-electron chi connectivity index (χ1n) is 8.06. The Balaban J connectivity index is 1.85. The minimum absolute atomic E-state index is 0.0201. The summed E-state index contributed by atoms with van der Waals surface area (Å²) in [6.45, 7) is 3.84. The van der Waals surface area contributed by atoms with Gasteiger partial charge < -0.3 is 19.5 Å². The zero-order valence-electron chi connectivity index (χ0n) is 14.1. The van der Waals surface area contributed by atoms with Gasteiger partial charge in [-0.15, -0.1) is 0 Å². The van der Waals surface area contributed by atoms with Gasteiger partial charge in [-0.3, -0.25) is 14.5 Å². The van der Waals surface area contributed by atoms with Crippen LogP contribution in [0.3, 0.4) is 0 Å². The van der Waals surface area contributed by atoms with E-state index < -0.39 is 5.97 Å². The van der Waals surface area contributed by atoms with Gasteiger partial charge in [-0.25, -0.2) is 0 Å². The summed E-state index contributed by atoms with van der Waals surface area (Å²) in [7, 11) is 1.74. The number of ether oxygens (including phenoxy) is 2. The van der Waals surface area contributed by atoms with Gasteiger partial charge in [0.2, 0.25) is 5.91 Å². The summed E-state index contributed by atoms with van der Waals surface area (Å²) in [4.78, 5) is 26.4. The number of carboxylic acids is 1. The van der Waals surface area contributed by atoms with Crippen LogP contribution in [0, 0.1) is 0 Å². The van der Waals surface area contributed by atoms with Crippen LogP contribution in [0.15, 0.2) is 24.3 Å². The average Bonchev–Trinajstić information content (AvgIpc) is 2.57. The lowest BCUT2D eigenvalue weighted by molar-refractivity contribution is -0.138. The molecule has 1 unspecified atom stereocenters. The van der Waals surface area contributed by atoms with Gasteiger partial charge in [-0.1, -0.05) is 12.1 Å². The molecule has 1 aromatic carbocycles. The second-order valence-corrected chi connectivity index (χ2v) is 5.81. The molecule has 1 aliphatic heterocycles. The topological polar surface area (TPSA) is 79.3 Å². The minimum Gasteiger partial charge on any atom is -0.486 e. The quantitative estimate of drug-likeness (QED) is 0.765. The number of para-hydroxylation sites is 2. The summed E-state index contributed by atoms with van der Waals surface area (Å²) < 4.78 is 11.6. The maximum atomic E-state index is 12.4. The van der Waals surface area contributed by atoms with E-state index in [-0.39, 0.29) is 25.0 Å². The second kappa shape index (κ2) is 8.54. The highest BCUT2D eigenvalue weighted by atomic mass is 16.6. The highest BCUT2D eigenvalue weighted by Crippen LogP contribution is 2.30. The molecule has 0 aromatic heterocycles. The van der Waals surface area contributed by atoms with Crippen molar-refractivity contribution in [3.05, 3.63) is 24.3 Å². The van der Waals surface area contributed by atoms with Crippen LogP contribution in [0.25, 0.3) is 0 Å². The van der Waals surface area contributed by atoms with E-state index in [1.165, 1.54) is 0 Å². The van der Waals surface area contributed by atoms with E-state index in [4.69, 9.17) is 14.6 Å². The molecule has 132 valence electrons. The molecule has 0 bridgehead atoms. The Morgan fingerprint density at radius 2 is 2.00 bits per heavy atom. The number of carboxylic acid groups (broad SMARTS) is 1. The molecule has 0 spiro atoms. The van der Waals surface area contributed by atoms with E-state index in [0.29, 0.717) is 32.0 Å². The number of nitrogens with zero attached hydrogens (tertiary/aromatic N) is 2. The van der Waals surface area contributed by atoms with Crippen molar-refractivity contribution in [2.75, 3.05) is 39.8 Å². The number of benzene rings is 1. The molecule has 2 rings (SSSR count). The van der Waals surface area contributed by atoms with Crippen molar-refractivity contribution < 1.29 is 24.2 Å². The summed E-state index contributed by atoms with van der Waals surface area (Å²) in [5, 5.41) is 8.70. The van der Waals surface area contributed by atoms with Crippen molar-refractivity contribution in [3.63, 3.8) is 0 Å². The fourth-order valence-electron chi connectivity index (χ4n) is 2.50. The Morgan fingerprint density at radius 3 is 2.67 bits per heavy atom. The van der Waals surface area contributed by atoms with E-state index in [1.54, 1.807) is 16.8 Å². The standard InChI is InChI=1S/C17H24N2O5/c1-3-19(16(20)11-18(2)9-8-17(21)22)10-13-12-23-14-6-4-5-7-15(14)24-13/h4-7,13H,3,8-12H2,1-2H3,(H,21,22). The Morgan fingerprint density at radius 1 is 1.29 bits per heavy atom. The molecule has 0 saturated carbocycles. The van der Waals surface area contributed by atoms with Gasteiger partial charge in [0.05, 0.1) is 19.5 Å². The Bertz CT molecular complexity index is 578. The van der Waals surface area contributed by atoms with Crippen LogP contribution in [-0.4, -0.2) is 72.7 Å². The first-order chi connectivity index (χ1) is 11.5. The zero-order chi connectivity index (χ0) is 17.5. The van der Waals surface area contributed by atoms with Gasteiger partial charge in [-0.2, -0.15) is 0 Å². The monoisotopic (exact) mass is 336 g/mol. The summed E-state index contributed by atoms with van der Waals surface area (Å²) in [5.74, 6) is 0.494. The van der Waals surface area contributed by atoms with Crippen molar-refractivity contribution >= 4 is 11.9 Å². The van der Waals surface area contributed by atoms with Crippen LogP contribution in [-0.2, 0) is 9.59 Å². The molecule has 0 fully saturated rings. The number of rotatable bonds is 8. The van der Waals surface area contributed by atoms with Crippen LogP contribution in [0.1, 0.15) is 13.3 Å². The van der Waals surface area contributed by atoms with Gasteiger partial charge in [0.15, 0.2) is 17.6 Å². The van der Waals surface area contributed by atoms with Gasteiger partial charge in [0, 0.05) is 13.1 Å². The highest BCUT2D eigenvalue weighted by molar-refractivity contribution is 5.78. The summed E-state index contributed by atoms with van der Waals surface area (Å²) in [6, 6.07) is 7.47. The van der Waals surface area contributed by atoms with Gasteiger partial charge in [0.25, 0.3) is 0 Å². The summed E-state index contributed by atoms with van der Waals surface area (Å²) in [5.41, 5.74) is 0. The summed E-state index contributed by atoms with van der Waals surface area (Å²) >= 11 is 0. The van der Waals surface area contributed by atoms with Crippen molar-refractivity contribution in [3.8, 4) is 11.5 Å². The zero-order valence-corrected chi connectivity index (χ0v) is 14.1. The average molecular weight is 336 g/mol. The molecule has 1 aliphatic rings. The van der Waals surface area contributed by atoms with E-state index in [1.807, 2.05) is 31.2 Å². The van der Waals surface area contributed by atoms with Crippen molar-refractivity contribution in [1.29, 1.82) is 0 Å². The van der Waals surface area contributed by atoms with E-state index in [2.05, 4.69) is 0 Å². The number of aliphatic carboxylic acids is 1. The SMILES string of the molecule is CCN(CC1COc2ccccc2O1)C(=O)CN(C)CCC(=O)O. The number of likely N-dealkylation sites (N-methyl/N-ethyl adjacent to an activating group) is 2. The number of carbonyl (C=O) groups is 2. The number of hydrogen-bond donors (Lipinski definition) is 1. The van der Waals surface area contributed by atoms with Gasteiger partial charge in [-0.05, 0) is 26.1 Å². The largest absolute Gasteiger partial charge is 0.486 e. The predicted molar refractivity (Wildman–Crippen MR) is 88.4 cm³/mol. The van der Waals surface area contributed by atoms with E-state index in [9.17, 15) is 9.59 Å². The summed E-state index contributed by atoms with van der Waals surface area (Å²) in [6.07, 6.45) is -0.195. The molecule has 7 heteroatoms. The third-order valence-electron chi connectivity index (χ3n) is 3.84. The van der Waals surface area contributed by atoms with Crippen LogP contribution < -0.4 is 9.47 Å². The molecule has 7 nitrogen and oxygen atoms in total. The Kier molecular flexibility index (Phi) is 6.43. The molecule has 1 N–H and O–H groups in total. The Labute approximate surface area is 141 Å². The molecule has 24 heavy (non-hydrogen) atoms. The van der Waals surface area contributed by atoms with E-state index >= 15 is 0 Å². The van der Waals surface area contributed by atoms with Crippen molar-refractivity contribution in [2.45, 2.75) is 19.4 Å². The molecule has 1 heterocycles. The molecule has 1 amide bonds. The molecular weight excluding hydrogens is 312 g/mol. The van der Waals surface area contributed by atoms with Crippen LogP contribution >= 0.6 is 0 Å². The molecule has 1 aromatic rings. The predicted octanol–water partition coefficient (Wildman–Crippen LogP) is 1.08. The van der Waals surface area contributed by atoms with Crippen LogP contribution in [0.4, 0.5) is 0 Å². The molecule has 1 atom stereocenters. The number of carbonyl (C=O) groups excluding carboxylic acids is 1. The minimum atomic E-state index is -0.868. The fourth-order valence-corrected chi connectivity index (χ4v) is 2.50. The smallest absolute Gasteiger partial charge is 0.304 e. The lowest BCUT2D eigenvalue weighted by atomic mass is 10.2. The molecule has 0 aliphatic carbocycles. The highest BCUT2D eigenvalue weighted by Gasteiger charge is 2.25. The molecule has 0 saturated heterocycles. The third-order valence-corrected chi connectivity index (χ3v) is 3.84. The Hall–Kier alpha value is -2.28. The van der Waals surface area contributed by atoms with Crippen LogP contribution in [0.2, 0.25) is 0 Å². The lowest BCUT2D eigenvalue weighted by Crippen LogP contribution is -2.46. The third kappa shape index (κ3) is 5.13. The van der Waals surface area contributed by atoms with Gasteiger partial charge >= 0.3 is 5.97 Å². The number of hydrogen-bond acceptors (Lipinski definition) is 5. The number of amides is 1. The fraction of sp³-hybridized carbons (Fsp3) is 0.529. The number of fused-ring (bicyclic) bond motifs is 1. The normalized spacial score (nSPS) is 16.0. The van der Waals surface area contributed by atoms with Crippen molar-refractivity contribution in [1.82, 2.24) is 9.80 Å².